The number of hydrogen-bond acceptors (Lipinski definition) is 2. The third kappa shape index (κ3) is 15.6. The van der Waals surface area contributed by atoms with E-state index in [1.54, 1.807) is 4.70 Å². The van der Waals surface area contributed by atoms with E-state index < -0.39 is 0 Å². The maximum absolute atomic E-state index is 12.1. The molecule has 0 bridgehead atoms. The van der Waals surface area contributed by atoms with Gasteiger partial charge in [-0.15, -0.1) is 0 Å². The molecule has 0 aromatic heterocycles. The SMILES string of the molecule is CCCCCCCCC1=C(c2cc(CCCC)cc(CCCC)c2)[N+](=[N-])C(c2cc(C)cc(C)c2)=C1CCCC.c1ccc(C[O][Ni][O]Cc2ccccc2)cc1. The van der Waals surface area contributed by atoms with E-state index in [1.165, 1.54) is 103 Å². The monoisotopic (exact) mass is 812 g/mol. The van der Waals surface area contributed by atoms with Gasteiger partial charge in [0.15, 0.2) is 0 Å². The van der Waals surface area contributed by atoms with Gasteiger partial charge in [-0.3, -0.25) is 0 Å². The zero-order valence-electron chi connectivity index (χ0n) is 36.0. The molecule has 1 heterocycles. The van der Waals surface area contributed by atoms with Crippen LogP contribution in [0.3, 0.4) is 0 Å². The number of benzene rings is 4. The molecule has 4 aromatic rings. The standard InChI is InChI=1S/C38H56N2.2C7H7O.Ni/c1-7-11-15-16-17-18-22-36-35(21-14-10-4)37(33-24-29(5)23-30(6)25-33)40(39)38(36)34-27-31(19-12-8-2)26-32(28-34)20-13-9-3;2*8-6-7-4-2-1-3-5-7;/h23-28H,7-22H2,1-6H3;2*1-5H,6H2;/q;2*-1;+2. The van der Waals surface area contributed by atoms with Gasteiger partial charge in [-0.1, -0.05) is 102 Å². The normalized spacial score (nSPS) is 12.8. The summed E-state index contributed by atoms with van der Waals surface area (Å²) < 4.78 is 12.3. The van der Waals surface area contributed by atoms with Gasteiger partial charge in [-0.05, 0) is 101 Å². The van der Waals surface area contributed by atoms with Crippen LogP contribution in [-0.4, -0.2) is 4.70 Å². The summed E-state index contributed by atoms with van der Waals surface area (Å²) in [4.78, 5) is 0. The Hall–Kier alpha value is -3.63. The molecular formula is C52H70N2NiO2. The molecule has 0 spiro atoms. The molecule has 310 valence electrons. The zero-order valence-corrected chi connectivity index (χ0v) is 37.0. The molecule has 4 aromatic carbocycles. The summed E-state index contributed by atoms with van der Waals surface area (Å²) in [5, 5.41) is 0. The average molecular weight is 814 g/mol. The molecule has 0 saturated heterocycles. The number of allylic oxidation sites excluding steroid dienone is 2. The Bertz CT molecular complexity index is 1760. The molecule has 1 aliphatic rings. The van der Waals surface area contributed by atoms with Crippen molar-refractivity contribution in [1.29, 1.82) is 0 Å². The van der Waals surface area contributed by atoms with E-state index in [0.29, 0.717) is 13.2 Å². The van der Waals surface area contributed by atoms with Crippen LogP contribution in [0.5, 0.6) is 0 Å². The van der Waals surface area contributed by atoms with Gasteiger partial charge < -0.3 is 5.53 Å². The van der Waals surface area contributed by atoms with Gasteiger partial charge in [0.25, 0.3) is 0 Å². The summed E-state index contributed by atoms with van der Waals surface area (Å²) in [6, 6.07) is 34.0. The van der Waals surface area contributed by atoms with Crippen LogP contribution in [0.1, 0.15) is 162 Å². The summed E-state index contributed by atoms with van der Waals surface area (Å²) in [6.45, 7) is 14.6. The molecule has 0 saturated carbocycles. The van der Waals surface area contributed by atoms with E-state index >= 15 is 0 Å². The maximum atomic E-state index is 12.1. The second-order valence-corrected chi connectivity index (χ2v) is 16.4. The van der Waals surface area contributed by atoms with Gasteiger partial charge in [-0.25, -0.2) is 4.70 Å². The predicted octanol–water partition coefficient (Wildman–Crippen LogP) is 15.4. The minimum absolute atomic E-state index is 0.565. The van der Waals surface area contributed by atoms with Crippen molar-refractivity contribution in [2.24, 2.45) is 0 Å². The summed E-state index contributed by atoms with van der Waals surface area (Å²) >= 11 is 0.863. The Kier molecular flexibility index (Phi) is 21.3. The van der Waals surface area contributed by atoms with Crippen LogP contribution in [0, 0.1) is 13.8 Å². The fraction of sp³-hybridized carbons (Fsp3) is 0.462. The summed E-state index contributed by atoms with van der Waals surface area (Å²) in [5.41, 5.74) is 26.9. The fourth-order valence-electron chi connectivity index (χ4n) is 7.60. The minimum atomic E-state index is 0.565. The molecule has 0 fully saturated rings. The predicted molar refractivity (Wildman–Crippen MR) is 237 cm³/mol. The summed E-state index contributed by atoms with van der Waals surface area (Å²) in [5.74, 6) is 0. The van der Waals surface area contributed by atoms with Gasteiger partial charge in [0.05, 0.1) is 0 Å². The Labute approximate surface area is 353 Å². The molecule has 0 atom stereocenters. The zero-order chi connectivity index (χ0) is 40.7. The molecule has 1 aliphatic heterocycles. The topological polar surface area (TPSA) is 43.8 Å². The van der Waals surface area contributed by atoms with E-state index in [-0.39, 0.29) is 0 Å². The van der Waals surface area contributed by atoms with Gasteiger partial charge in [0.1, 0.15) is 0 Å². The van der Waals surface area contributed by atoms with E-state index in [9.17, 15) is 5.53 Å². The van der Waals surface area contributed by atoms with Crippen molar-refractivity contribution >= 4 is 11.4 Å². The Balaban J connectivity index is 0.000000350. The van der Waals surface area contributed by atoms with E-state index in [0.717, 1.165) is 81.7 Å². The molecule has 0 radical (unpaired) electrons. The van der Waals surface area contributed by atoms with Crippen LogP contribution in [0.2, 0.25) is 0 Å². The number of rotatable bonds is 24. The van der Waals surface area contributed by atoms with Crippen molar-refractivity contribution in [2.75, 3.05) is 0 Å². The van der Waals surface area contributed by atoms with E-state index in [1.807, 2.05) is 60.7 Å². The average Bonchev–Trinajstić information content (AvgIpc) is 3.50. The van der Waals surface area contributed by atoms with Gasteiger partial charge in [-0.2, -0.15) is 0 Å². The molecule has 57 heavy (non-hydrogen) atoms. The fourth-order valence-corrected chi connectivity index (χ4v) is 8.13. The molecule has 4 nitrogen and oxygen atoms in total. The molecule has 5 rings (SSSR count). The van der Waals surface area contributed by atoms with Crippen molar-refractivity contribution < 1.29 is 27.5 Å². The van der Waals surface area contributed by atoms with Crippen molar-refractivity contribution in [1.82, 2.24) is 0 Å². The second kappa shape index (κ2) is 26.4. The first-order valence-electron chi connectivity index (χ1n) is 22.0. The van der Waals surface area contributed by atoms with E-state index in [4.69, 9.17) is 7.76 Å². The van der Waals surface area contributed by atoms with Crippen LogP contribution in [-0.2, 0) is 48.9 Å². The van der Waals surface area contributed by atoms with Gasteiger partial charge in [0.2, 0.25) is 11.4 Å². The summed E-state index contributed by atoms with van der Waals surface area (Å²) in [6.07, 6.45) is 19.1. The van der Waals surface area contributed by atoms with Crippen molar-refractivity contribution in [2.45, 2.75) is 157 Å². The van der Waals surface area contributed by atoms with Gasteiger partial charge >= 0.3 is 108 Å². The molecule has 0 unspecified atom stereocenters. The molecule has 0 N–H and O–H groups in total. The van der Waals surface area contributed by atoms with Crippen LogP contribution in [0.4, 0.5) is 0 Å². The third-order valence-electron chi connectivity index (χ3n) is 10.6. The number of aryl methyl sites for hydroxylation is 4. The first kappa shape index (κ1) is 46.1. The molecule has 0 amide bonds. The van der Waals surface area contributed by atoms with Crippen LogP contribution in [0.25, 0.3) is 16.9 Å². The second-order valence-electron chi connectivity index (χ2n) is 15.7. The number of unbranched alkanes of at least 4 members (excludes halogenated alkanes) is 8. The van der Waals surface area contributed by atoms with Crippen molar-refractivity contribution in [3.63, 3.8) is 0 Å². The molecule has 5 heteroatoms. The van der Waals surface area contributed by atoms with Gasteiger partial charge in [0, 0.05) is 22.3 Å². The van der Waals surface area contributed by atoms with E-state index in [2.05, 4.69) is 77.9 Å². The quantitative estimate of drug-likeness (QED) is 0.0402. The van der Waals surface area contributed by atoms with Crippen LogP contribution < -0.4 is 0 Å². The Morgan fingerprint density at radius 1 is 0.456 bits per heavy atom. The Morgan fingerprint density at radius 3 is 1.37 bits per heavy atom. The molecule has 0 aliphatic carbocycles. The van der Waals surface area contributed by atoms with Crippen molar-refractivity contribution in [3.05, 3.63) is 158 Å². The van der Waals surface area contributed by atoms with Crippen molar-refractivity contribution in [3.8, 4) is 0 Å². The molecular weight excluding hydrogens is 743 g/mol. The van der Waals surface area contributed by atoms with Crippen LogP contribution >= 0.6 is 0 Å². The first-order valence-corrected chi connectivity index (χ1v) is 22.8. The first-order chi connectivity index (χ1) is 27.9. The third-order valence-corrected chi connectivity index (χ3v) is 11.1. The Morgan fingerprint density at radius 2 is 0.877 bits per heavy atom. The summed E-state index contributed by atoms with van der Waals surface area (Å²) in [7, 11) is 0. The van der Waals surface area contributed by atoms with Crippen LogP contribution in [0.15, 0.2) is 108 Å². The number of nitrogens with zero attached hydrogens (tertiary/aromatic N) is 2. The number of hydrogen-bond donors (Lipinski definition) is 0.